The van der Waals surface area contributed by atoms with Crippen LogP contribution in [0.5, 0.6) is 0 Å². The first-order valence-electron chi connectivity index (χ1n) is 7.32. The van der Waals surface area contributed by atoms with Gasteiger partial charge in [-0.05, 0) is 30.6 Å². The third-order valence-electron chi connectivity index (χ3n) is 4.09. The number of anilines is 1. The van der Waals surface area contributed by atoms with E-state index in [9.17, 15) is 0 Å². The molecule has 0 aliphatic heterocycles. The lowest BCUT2D eigenvalue weighted by Gasteiger charge is -2.30. The second kappa shape index (κ2) is 7.09. The van der Waals surface area contributed by atoms with Gasteiger partial charge < -0.3 is 5.32 Å². The molecule has 1 aliphatic carbocycles. The predicted octanol–water partition coefficient (Wildman–Crippen LogP) is 4.06. The summed E-state index contributed by atoms with van der Waals surface area (Å²) in [5.74, 6) is 3.51. The van der Waals surface area contributed by atoms with E-state index < -0.39 is 0 Å². The normalized spacial score (nSPS) is 23.6. The molecule has 1 aliphatic rings. The Kier molecular flexibility index (Phi) is 5.44. The van der Waals surface area contributed by atoms with Crippen LogP contribution in [0, 0.1) is 11.8 Å². The Morgan fingerprint density at radius 3 is 2.68 bits per heavy atom. The lowest BCUT2D eigenvalue weighted by atomic mass is 9.80. The molecule has 3 nitrogen and oxygen atoms in total. The van der Waals surface area contributed by atoms with E-state index in [0.717, 1.165) is 23.9 Å². The van der Waals surface area contributed by atoms with Gasteiger partial charge in [0, 0.05) is 24.2 Å². The minimum absolute atomic E-state index is 0.439. The van der Waals surface area contributed by atoms with Crippen LogP contribution in [0.4, 0.5) is 5.82 Å². The Labute approximate surface area is 121 Å². The Bertz CT molecular complexity index is 395. The number of alkyl halides is 1. The largest absolute Gasteiger partial charge is 0.370 e. The fourth-order valence-electron chi connectivity index (χ4n) is 2.78. The molecule has 19 heavy (non-hydrogen) atoms. The van der Waals surface area contributed by atoms with Gasteiger partial charge in [0.2, 0.25) is 0 Å². The van der Waals surface area contributed by atoms with Gasteiger partial charge in [-0.2, -0.15) is 0 Å². The van der Waals surface area contributed by atoms with Gasteiger partial charge in [0.05, 0.1) is 0 Å². The highest BCUT2D eigenvalue weighted by molar-refractivity contribution is 6.18. The molecule has 0 amide bonds. The maximum absolute atomic E-state index is 6.07. The maximum Gasteiger partial charge on any atom is 0.129 e. The van der Waals surface area contributed by atoms with Gasteiger partial charge in [0.1, 0.15) is 12.1 Å². The van der Waals surface area contributed by atoms with E-state index in [1.54, 1.807) is 6.33 Å². The van der Waals surface area contributed by atoms with Gasteiger partial charge in [0.15, 0.2) is 0 Å². The van der Waals surface area contributed by atoms with Crippen molar-refractivity contribution in [2.24, 2.45) is 11.8 Å². The first-order chi connectivity index (χ1) is 9.20. The number of nitrogens with zero attached hydrogens (tertiary/aromatic N) is 2. The van der Waals surface area contributed by atoms with Crippen molar-refractivity contribution in [3.63, 3.8) is 0 Å². The van der Waals surface area contributed by atoms with E-state index in [-0.39, 0.29) is 0 Å². The minimum atomic E-state index is 0.439. The number of rotatable bonds is 5. The van der Waals surface area contributed by atoms with Gasteiger partial charge in [-0.3, -0.25) is 0 Å². The van der Waals surface area contributed by atoms with Crippen molar-refractivity contribution >= 4 is 17.4 Å². The van der Waals surface area contributed by atoms with Crippen LogP contribution in [0.1, 0.15) is 51.1 Å². The van der Waals surface area contributed by atoms with Gasteiger partial charge >= 0.3 is 0 Å². The zero-order chi connectivity index (χ0) is 13.7. The Balaban J connectivity index is 1.92. The van der Waals surface area contributed by atoms with Crippen molar-refractivity contribution in [1.82, 2.24) is 9.97 Å². The van der Waals surface area contributed by atoms with Crippen molar-refractivity contribution in [3.8, 4) is 0 Å². The third kappa shape index (κ3) is 4.07. The van der Waals surface area contributed by atoms with Gasteiger partial charge in [-0.15, -0.1) is 11.6 Å². The van der Waals surface area contributed by atoms with Crippen molar-refractivity contribution in [1.29, 1.82) is 0 Å². The Morgan fingerprint density at radius 2 is 2.00 bits per heavy atom. The lowest BCUT2D eigenvalue weighted by molar-refractivity contribution is 0.272. The molecule has 1 aromatic heterocycles. The molecule has 1 fully saturated rings. The number of hydrogen-bond acceptors (Lipinski definition) is 3. The molecule has 1 heterocycles. The monoisotopic (exact) mass is 281 g/mol. The first kappa shape index (κ1) is 14.6. The summed E-state index contributed by atoms with van der Waals surface area (Å²) in [6.07, 6.45) is 6.88. The summed E-state index contributed by atoms with van der Waals surface area (Å²) in [5, 5.41) is 3.46. The molecule has 0 spiro atoms. The highest BCUT2D eigenvalue weighted by Gasteiger charge is 2.24. The molecular weight excluding hydrogens is 258 g/mol. The zero-order valence-corrected chi connectivity index (χ0v) is 12.7. The highest BCUT2D eigenvalue weighted by atomic mass is 35.5. The van der Waals surface area contributed by atoms with Crippen molar-refractivity contribution in [2.75, 3.05) is 17.7 Å². The van der Waals surface area contributed by atoms with Crippen LogP contribution in [-0.4, -0.2) is 22.4 Å². The SMILES string of the molecule is CC(C)c1cc(NCC2CCCCC2CCl)ncn1. The van der Waals surface area contributed by atoms with E-state index in [1.165, 1.54) is 25.7 Å². The standard InChI is InChI=1S/C15H24ClN3/c1-11(2)14-7-15(19-10-18-14)17-9-13-6-4-3-5-12(13)8-16/h7,10-13H,3-6,8-9H2,1-2H3,(H,17,18,19). The predicted molar refractivity (Wildman–Crippen MR) is 80.8 cm³/mol. The summed E-state index contributed by atoms with van der Waals surface area (Å²) in [4.78, 5) is 8.59. The highest BCUT2D eigenvalue weighted by Crippen LogP contribution is 2.31. The van der Waals surface area contributed by atoms with Crippen LogP contribution in [0.25, 0.3) is 0 Å². The number of nitrogens with one attached hydrogen (secondary N) is 1. The fraction of sp³-hybridized carbons (Fsp3) is 0.733. The Morgan fingerprint density at radius 1 is 1.26 bits per heavy atom. The van der Waals surface area contributed by atoms with Crippen molar-refractivity contribution in [3.05, 3.63) is 18.1 Å². The summed E-state index contributed by atoms with van der Waals surface area (Å²) < 4.78 is 0. The summed E-state index contributed by atoms with van der Waals surface area (Å²) in [7, 11) is 0. The molecule has 1 saturated carbocycles. The van der Waals surface area contributed by atoms with Gasteiger partial charge in [-0.1, -0.05) is 26.7 Å². The maximum atomic E-state index is 6.07. The quantitative estimate of drug-likeness (QED) is 0.827. The average molecular weight is 282 g/mol. The lowest BCUT2D eigenvalue weighted by Crippen LogP contribution is -2.27. The van der Waals surface area contributed by atoms with Crippen LogP contribution in [0.2, 0.25) is 0 Å². The van der Waals surface area contributed by atoms with E-state index in [0.29, 0.717) is 17.8 Å². The molecule has 106 valence electrons. The molecule has 0 radical (unpaired) electrons. The summed E-state index contributed by atoms with van der Waals surface area (Å²) in [6, 6.07) is 2.06. The van der Waals surface area contributed by atoms with E-state index >= 15 is 0 Å². The Hall–Kier alpha value is -0.830. The number of aromatic nitrogens is 2. The second-order valence-corrected chi connectivity index (χ2v) is 6.13. The summed E-state index contributed by atoms with van der Waals surface area (Å²) in [5.41, 5.74) is 1.09. The van der Waals surface area contributed by atoms with E-state index in [1.807, 2.05) is 0 Å². The molecule has 0 bridgehead atoms. The first-order valence-corrected chi connectivity index (χ1v) is 7.86. The van der Waals surface area contributed by atoms with E-state index in [4.69, 9.17) is 11.6 Å². The fourth-order valence-corrected chi connectivity index (χ4v) is 3.18. The summed E-state index contributed by atoms with van der Waals surface area (Å²) >= 11 is 6.07. The van der Waals surface area contributed by atoms with Crippen molar-refractivity contribution in [2.45, 2.75) is 45.4 Å². The molecule has 1 aromatic rings. The molecular formula is C15H24ClN3. The third-order valence-corrected chi connectivity index (χ3v) is 4.49. The molecule has 0 saturated heterocycles. The molecule has 2 atom stereocenters. The van der Waals surface area contributed by atoms with E-state index in [2.05, 4.69) is 35.2 Å². The minimum Gasteiger partial charge on any atom is -0.370 e. The van der Waals surface area contributed by atoms with Crippen LogP contribution in [-0.2, 0) is 0 Å². The molecule has 2 unspecified atom stereocenters. The van der Waals surface area contributed by atoms with Gasteiger partial charge in [-0.25, -0.2) is 9.97 Å². The number of halogens is 1. The van der Waals surface area contributed by atoms with Crippen LogP contribution in [0.15, 0.2) is 12.4 Å². The topological polar surface area (TPSA) is 37.8 Å². The van der Waals surface area contributed by atoms with Crippen LogP contribution in [0.3, 0.4) is 0 Å². The molecule has 1 N–H and O–H groups in total. The smallest absolute Gasteiger partial charge is 0.129 e. The van der Waals surface area contributed by atoms with Crippen molar-refractivity contribution < 1.29 is 0 Å². The molecule has 0 aromatic carbocycles. The van der Waals surface area contributed by atoms with Crippen LogP contribution < -0.4 is 5.32 Å². The second-order valence-electron chi connectivity index (χ2n) is 5.82. The molecule has 2 rings (SSSR count). The zero-order valence-electron chi connectivity index (χ0n) is 11.9. The number of hydrogen-bond donors (Lipinski definition) is 1. The van der Waals surface area contributed by atoms with Gasteiger partial charge in [0.25, 0.3) is 0 Å². The van der Waals surface area contributed by atoms with Crippen LogP contribution >= 0.6 is 11.6 Å². The molecule has 4 heteroatoms. The summed E-state index contributed by atoms with van der Waals surface area (Å²) in [6.45, 7) is 5.28. The average Bonchev–Trinajstić information content (AvgIpc) is 2.45.